The van der Waals surface area contributed by atoms with E-state index in [-0.39, 0.29) is 11.7 Å². The number of carbonyl (C=O) groups excluding carboxylic acids is 1. The fourth-order valence-corrected chi connectivity index (χ4v) is 4.28. The van der Waals surface area contributed by atoms with Crippen molar-refractivity contribution in [1.29, 1.82) is 0 Å². The van der Waals surface area contributed by atoms with Gasteiger partial charge in [-0.15, -0.1) is 11.8 Å². The molecular weight excluding hydrogens is 396 g/mol. The number of thioether (sulfide) groups is 1. The number of nitrogens with zero attached hydrogens (tertiary/aromatic N) is 2. The van der Waals surface area contributed by atoms with Gasteiger partial charge in [-0.2, -0.15) is 5.10 Å². The lowest BCUT2D eigenvalue weighted by atomic mass is 10.1. The number of aryl methyl sites for hydroxylation is 2. The Balaban J connectivity index is 1.45. The van der Waals surface area contributed by atoms with Crippen molar-refractivity contribution in [3.63, 3.8) is 0 Å². The van der Waals surface area contributed by atoms with Crippen molar-refractivity contribution in [2.75, 3.05) is 12.9 Å². The Morgan fingerprint density at radius 3 is 2.87 bits per heavy atom. The third kappa shape index (κ3) is 4.16. The van der Waals surface area contributed by atoms with E-state index >= 15 is 0 Å². The Morgan fingerprint density at radius 1 is 1.20 bits per heavy atom. The summed E-state index contributed by atoms with van der Waals surface area (Å²) in [6.07, 6.45) is 1.69. The molecule has 6 nitrogen and oxygen atoms in total. The predicted octanol–water partition coefficient (Wildman–Crippen LogP) is 4.58. The number of aromatic nitrogens is 2. The van der Waals surface area contributed by atoms with Gasteiger partial charge in [0.15, 0.2) is 0 Å². The van der Waals surface area contributed by atoms with Crippen LogP contribution in [0.1, 0.15) is 17.0 Å². The first-order chi connectivity index (χ1) is 14.5. The molecule has 0 radical (unpaired) electrons. The van der Waals surface area contributed by atoms with Gasteiger partial charge in [0, 0.05) is 38.1 Å². The summed E-state index contributed by atoms with van der Waals surface area (Å²) in [5.74, 6) is 0.845. The summed E-state index contributed by atoms with van der Waals surface area (Å²) in [6, 6.07) is 15.8. The topological polar surface area (TPSA) is 79.4 Å². The van der Waals surface area contributed by atoms with Crippen LogP contribution in [0, 0.1) is 13.8 Å². The average Bonchev–Trinajstić information content (AvgIpc) is 3.07. The normalized spacial score (nSPS) is 11.4. The van der Waals surface area contributed by atoms with Gasteiger partial charge in [0.2, 0.25) is 5.91 Å². The molecule has 2 heterocycles. The quantitative estimate of drug-likeness (QED) is 0.273. The van der Waals surface area contributed by atoms with E-state index in [1.165, 1.54) is 11.8 Å². The number of amides is 1. The van der Waals surface area contributed by atoms with Crippen LogP contribution in [0.15, 0.2) is 58.5 Å². The molecule has 0 saturated carbocycles. The van der Waals surface area contributed by atoms with Crippen LogP contribution in [0.5, 0.6) is 5.75 Å². The zero-order valence-corrected chi connectivity index (χ0v) is 17.8. The average molecular weight is 419 g/mol. The third-order valence-electron chi connectivity index (χ3n) is 4.79. The fraction of sp³-hybridized carbons (Fsp3) is 0.174. The second kappa shape index (κ2) is 8.59. The Morgan fingerprint density at radius 2 is 2.03 bits per heavy atom. The van der Waals surface area contributed by atoms with Gasteiger partial charge in [0.1, 0.15) is 5.75 Å². The molecular formula is C23H22N4O2S. The molecule has 7 heteroatoms. The number of rotatable bonds is 6. The molecule has 152 valence electrons. The second-order valence-electron chi connectivity index (χ2n) is 6.94. The number of methoxy groups -OCH3 is 1. The zero-order chi connectivity index (χ0) is 21.1. The maximum atomic E-state index is 12.3. The molecule has 0 spiro atoms. The van der Waals surface area contributed by atoms with E-state index in [2.05, 4.69) is 20.5 Å². The van der Waals surface area contributed by atoms with Crippen LogP contribution in [0.3, 0.4) is 0 Å². The van der Waals surface area contributed by atoms with E-state index in [0.29, 0.717) is 0 Å². The van der Waals surface area contributed by atoms with Gasteiger partial charge >= 0.3 is 0 Å². The minimum absolute atomic E-state index is 0.167. The van der Waals surface area contributed by atoms with E-state index in [9.17, 15) is 4.79 Å². The van der Waals surface area contributed by atoms with Crippen LogP contribution in [0.25, 0.3) is 21.8 Å². The summed E-state index contributed by atoms with van der Waals surface area (Å²) in [6.45, 7) is 3.94. The molecule has 4 rings (SSSR count). The van der Waals surface area contributed by atoms with Crippen LogP contribution in [0.4, 0.5) is 0 Å². The minimum Gasteiger partial charge on any atom is -0.497 e. The number of hydrogen-bond donors (Lipinski definition) is 2. The molecule has 0 aliphatic heterocycles. The van der Waals surface area contributed by atoms with Crippen molar-refractivity contribution >= 4 is 45.7 Å². The number of ether oxygens (including phenoxy) is 1. The van der Waals surface area contributed by atoms with Crippen molar-refractivity contribution in [3.05, 3.63) is 65.5 Å². The van der Waals surface area contributed by atoms with Gasteiger partial charge in [-0.3, -0.25) is 9.78 Å². The van der Waals surface area contributed by atoms with E-state index in [1.807, 2.05) is 62.4 Å². The fourth-order valence-electron chi connectivity index (χ4n) is 3.36. The SMILES string of the molecule is COc1ccc2nc(C)cc(SCC(=O)NN=Cc3c(C)[nH]c4ccccc34)c2c1. The number of benzene rings is 2. The van der Waals surface area contributed by atoms with Crippen molar-refractivity contribution < 1.29 is 9.53 Å². The third-order valence-corrected chi connectivity index (χ3v) is 5.85. The van der Waals surface area contributed by atoms with Crippen LogP contribution >= 0.6 is 11.8 Å². The highest BCUT2D eigenvalue weighted by Gasteiger charge is 2.10. The monoisotopic (exact) mass is 418 g/mol. The summed E-state index contributed by atoms with van der Waals surface area (Å²) < 4.78 is 5.32. The molecule has 0 fully saturated rings. The van der Waals surface area contributed by atoms with Gasteiger partial charge in [-0.25, -0.2) is 5.43 Å². The molecule has 30 heavy (non-hydrogen) atoms. The molecule has 0 unspecified atom stereocenters. The van der Waals surface area contributed by atoms with Crippen molar-refractivity contribution in [3.8, 4) is 5.75 Å². The molecule has 0 aliphatic rings. The first-order valence-corrected chi connectivity index (χ1v) is 10.5. The lowest BCUT2D eigenvalue weighted by Gasteiger charge is -2.09. The number of pyridine rings is 1. The number of carbonyl (C=O) groups is 1. The van der Waals surface area contributed by atoms with Gasteiger partial charge in [0.05, 0.1) is 24.6 Å². The Bertz CT molecular complexity index is 1260. The molecule has 4 aromatic rings. The van der Waals surface area contributed by atoms with E-state index in [1.54, 1.807) is 13.3 Å². The van der Waals surface area contributed by atoms with Crippen molar-refractivity contribution in [1.82, 2.24) is 15.4 Å². The molecule has 2 aromatic carbocycles. The summed E-state index contributed by atoms with van der Waals surface area (Å²) in [4.78, 5) is 21.2. The summed E-state index contributed by atoms with van der Waals surface area (Å²) in [5, 5.41) is 6.20. The number of aromatic amines is 1. The Kier molecular flexibility index (Phi) is 5.72. The maximum absolute atomic E-state index is 12.3. The van der Waals surface area contributed by atoms with Crippen molar-refractivity contribution in [2.24, 2.45) is 5.10 Å². The van der Waals surface area contributed by atoms with Gasteiger partial charge in [-0.05, 0) is 44.2 Å². The zero-order valence-electron chi connectivity index (χ0n) is 17.0. The van der Waals surface area contributed by atoms with Crippen LogP contribution < -0.4 is 10.2 Å². The number of fused-ring (bicyclic) bond motifs is 2. The molecule has 0 bridgehead atoms. The van der Waals surface area contributed by atoms with E-state index in [0.717, 1.165) is 49.4 Å². The first-order valence-electron chi connectivity index (χ1n) is 9.52. The molecule has 2 N–H and O–H groups in total. The summed E-state index contributed by atoms with van der Waals surface area (Å²) >= 11 is 1.46. The maximum Gasteiger partial charge on any atom is 0.250 e. The molecule has 0 atom stereocenters. The number of hydrazone groups is 1. The number of para-hydroxylation sites is 1. The number of H-pyrrole nitrogens is 1. The van der Waals surface area contributed by atoms with Crippen molar-refractivity contribution in [2.45, 2.75) is 18.7 Å². The van der Waals surface area contributed by atoms with Crippen LogP contribution in [-0.2, 0) is 4.79 Å². The highest BCUT2D eigenvalue weighted by molar-refractivity contribution is 8.00. The van der Waals surface area contributed by atoms with Gasteiger partial charge < -0.3 is 9.72 Å². The molecule has 0 saturated heterocycles. The van der Waals surface area contributed by atoms with Gasteiger partial charge in [0.25, 0.3) is 0 Å². The second-order valence-corrected chi connectivity index (χ2v) is 7.95. The van der Waals surface area contributed by atoms with Crippen LogP contribution in [-0.4, -0.2) is 35.0 Å². The lowest BCUT2D eigenvalue weighted by molar-refractivity contribution is -0.118. The number of hydrogen-bond acceptors (Lipinski definition) is 5. The van der Waals surface area contributed by atoms with Gasteiger partial charge in [-0.1, -0.05) is 18.2 Å². The Hall–Kier alpha value is -3.32. The summed E-state index contributed by atoms with van der Waals surface area (Å²) in [5.41, 5.74) is 7.44. The van der Waals surface area contributed by atoms with Crippen LogP contribution in [0.2, 0.25) is 0 Å². The number of nitrogens with one attached hydrogen (secondary N) is 2. The highest BCUT2D eigenvalue weighted by Crippen LogP contribution is 2.30. The molecule has 2 aromatic heterocycles. The summed E-state index contributed by atoms with van der Waals surface area (Å²) in [7, 11) is 1.64. The minimum atomic E-state index is -0.167. The molecule has 0 aliphatic carbocycles. The lowest BCUT2D eigenvalue weighted by Crippen LogP contribution is -2.19. The van der Waals surface area contributed by atoms with E-state index < -0.39 is 0 Å². The van der Waals surface area contributed by atoms with E-state index in [4.69, 9.17) is 4.74 Å². The standard InChI is InChI=1S/C23H22N4O2S/c1-14-10-22(18-11-16(29-3)8-9-21(18)25-14)30-13-23(28)27-24-12-19-15(2)26-20-7-5-4-6-17(19)20/h4-12,26H,13H2,1-3H3,(H,27,28). The smallest absolute Gasteiger partial charge is 0.250 e. The first kappa shape index (κ1) is 20.0. The molecule has 1 amide bonds. The predicted molar refractivity (Wildman–Crippen MR) is 123 cm³/mol. The largest absolute Gasteiger partial charge is 0.497 e. The Labute approximate surface area is 178 Å². The highest BCUT2D eigenvalue weighted by atomic mass is 32.2.